The molecular weight excluding hydrogens is 212 g/mol. The maximum atomic E-state index is 11.5. The van der Waals surface area contributed by atoms with Gasteiger partial charge in [0.2, 0.25) is 0 Å². The largest absolute Gasteiger partial charge is 0.497 e. The first-order valence-corrected chi connectivity index (χ1v) is 4.62. The highest BCUT2D eigenvalue weighted by molar-refractivity contribution is 5.94. The van der Waals surface area contributed by atoms with Crippen LogP contribution in [0.4, 0.5) is 0 Å². The molecule has 1 N–H and O–H groups in total. The van der Waals surface area contributed by atoms with Crippen molar-refractivity contribution < 1.29 is 24.1 Å². The van der Waals surface area contributed by atoms with Crippen LogP contribution in [0.2, 0.25) is 0 Å². The molecule has 0 atom stereocenters. The number of aliphatic hydroxyl groups is 1. The molecule has 16 heavy (non-hydrogen) atoms. The Bertz CT molecular complexity index is 361. The highest BCUT2D eigenvalue weighted by Crippen LogP contribution is 2.29. The molecule has 0 amide bonds. The van der Waals surface area contributed by atoms with E-state index >= 15 is 0 Å². The molecule has 0 radical (unpaired) electrons. The van der Waals surface area contributed by atoms with Crippen molar-refractivity contribution in [2.45, 2.75) is 6.61 Å². The van der Waals surface area contributed by atoms with E-state index in [-0.39, 0.29) is 12.2 Å². The summed E-state index contributed by atoms with van der Waals surface area (Å²) in [4.78, 5) is 11.5. The van der Waals surface area contributed by atoms with Crippen molar-refractivity contribution in [3.63, 3.8) is 0 Å². The monoisotopic (exact) mass is 226 g/mol. The molecular formula is C11H14O5. The van der Waals surface area contributed by atoms with Gasteiger partial charge in [0.25, 0.3) is 0 Å². The molecule has 0 aliphatic carbocycles. The standard InChI is InChI=1S/C11H14O5/c1-14-8-4-7(6-12)10(11(13)16-3)9(5-8)15-2/h4-5,12H,6H2,1-3H3. The Balaban J connectivity index is 3.37. The summed E-state index contributed by atoms with van der Waals surface area (Å²) in [5.41, 5.74) is 0.622. The SMILES string of the molecule is COC(=O)c1c(CO)cc(OC)cc1OC. The molecule has 88 valence electrons. The highest BCUT2D eigenvalue weighted by Gasteiger charge is 2.19. The summed E-state index contributed by atoms with van der Waals surface area (Å²) in [6.45, 7) is -0.294. The molecule has 5 nitrogen and oxygen atoms in total. The van der Waals surface area contributed by atoms with E-state index in [2.05, 4.69) is 4.74 Å². The highest BCUT2D eigenvalue weighted by atomic mass is 16.5. The first-order valence-electron chi connectivity index (χ1n) is 4.62. The normalized spacial score (nSPS) is 9.75. The second-order valence-electron chi connectivity index (χ2n) is 3.01. The maximum absolute atomic E-state index is 11.5. The van der Waals surface area contributed by atoms with Crippen molar-refractivity contribution in [3.8, 4) is 11.5 Å². The molecule has 1 aromatic rings. The maximum Gasteiger partial charge on any atom is 0.342 e. The van der Waals surface area contributed by atoms with Gasteiger partial charge in [-0.05, 0) is 11.6 Å². The van der Waals surface area contributed by atoms with E-state index in [0.717, 1.165) is 0 Å². The fourth-order valence-corrected chi connectivity index (χ4v) is 1.38. The number of esters is 1. The molecule has 1 rings (SSSR count). The molecule has 0 fully saturated rings. The predicted molar refractivity (Wildman–Crippen MR) is 56.8 cm³/mol. The number of aliphatic hydroxyl groups excluding tert-OH is 1. The molecule has 0 bridgehead atoms. The number of carbonyl (C=O) groups excluding carboxylic acids is 1. The van der Waals surface area contributed by atoms with Crippen molar-refractivity contribution in [3.05, 3.63) is 23.3 Å². The van der Waals surface area contributed by atoms with Crippen LogP contribution in [-0.2, 0) is 11.3 Å². The minimum absolute atomic E-state index is 0.216. The van der Waals surface area contributed by atoms with Gasteiger partial charge in [-0.2, -0.15) is 0 Å². The number of methoxy groups -OCH3 is 3. The lowest BCUT2D eigenvalue weighted by molar-refractivity contribution is 0.0593. The van der Waals surface area contributed by atoms with Crippen LogP contribution in [-0.4, -0.2) is 32.4 Å². The van der Waals surface area contributed by atoms with E-state index in [0.29, 0.717) is 17.1 Å². The number of benzene rings is 1. The average molecular weight is 226 g/mol. The average Bonchev–Trinajstić information content (AvgIpc) is 2.35. The second-order valence-corrected chi connectivity index (χ2v) is 3.01. The van der Waals surface area contributed by atoms with Crippen LogP contribution < -0.4 is 9.47 Å². The third kappa shape index (κ3) is 2.25. The van der Waals surface area contributed by atoms with E-state index in [4.69, 9.17) is 9.47 Å². The van der Waals surface area contributed by atoms with Crippen LogP contribution in [0, 0.1) is 0 Å². The minimum Gasteiger partial charge on any atom is -0.497 e. The van der Waals surface area contributed by atoms with Gasteiger partial charge in [0.1, 0.15) is 17.1 Å². The number of ether oxygens (including phenoxy) is 3. The molecule has 0 aromatic heterocycles. The number of hydrogen-bond donors (Lipinski definition) is 1. The van der Waals surface area contributed by atoms with E-state index in [1.807, 2.05) is 0 Å². The molecule has 0 spiro atoms. The first-order chi connectivity index (χ1) is 7.67. The Hall–Kier alpha value is -1.75. The molecule has 0 aliphatic heterocycles. The minimum atomic E-state index is -0.552. The molecule has 0 heterocycles. The van der Waals surface area contributed by atoms with Crippen molar-refractivity contribution in [2.24, 2.45) is 0 Å². The van der Waals surface area contributed by atoms with E-state index in [9.17, 15) is 9.90 Å². The van der Waals surface area contributed by atoms with E-state index < -0.39 is 5.97 Å². The zero-order chi connectivity index (χ0) is 12.1. The second kappa shape index (κ2) is 5.37. The van der Waals surface area contributed by atoms with E-state index in [1.54, 1.807) is 12.1 Å². The zero-order valence-electron chi connectivity index (χ0n) is 9.44. The topological polar surface area (TPSA) is 65.0 Å². The Morgan fingerprint density at radius 1 is 1.25 bits per heavy atom. The van der Waals surface area contributed by atoms with Gasteiger partial charge in [-0.1, -0.05) is 0 Å². The lowest BCUT2D eigenvalue weighted by Crippen LogP contribution is -2.08. The Morgan fingerprint density at radius 2 is 1.94 bits per heavy atom. The van der Waals surface area contributed by atoms with Gasteiger partial charge in [0.15, 0.2) is 0 Å². The molecule has 0 saturated heterocycles. The van der Waals surface area contributed by atoms with Crippen molar-refractivity contribution in [1.29, 1.82) is 0 Å². The van der Waals surface area contributed by atoms with Crippen LogP contribution in [0.25, 0.3) is 0 Å². The van der Waals surface area contributed by atoms with Crippen molar-refractivity contribution >= 4 is 5.97 Å². The van der Waals surface area contributed by atoms with E-state index in [1.165, 1.54) is 21.3 Å². The molecule has 0 saturated carbocycles. The third-order valence-corrected chi connectivity index (χ3v) is 2.17. The summed E-state index contributed by atoms with van der Waals surface area (Å²) in [5, 5.41) is 9.18. The molecule has 1 aromatic carbocycles. The molecule has 5 heteroatoms. The van der Waals surface area contributed by atoms with Gasteiger partial charge in [-0.15, -0.1) is 0 Å². The Labute approximate surface area is 93.6 Å². The van der Waals surface area contributed by atoms with Crippen LogP contribution >= 0.6 is 0 Å². The summed E-state index contributed by atoms with van der Waals surface area (Å²) < 4.78 is 14.7. The lowest BCUT2D eigenvalue weighted by Gasteiger charge is -2.12. The fourth-order valence-electron chi connectivity index (χ4n) is 1.38. The van der Waals surface area contributed by atoms with Crippen LogP contribution in [0.3, 0.4) is 0 Å². The van der Waals surface area contributed by atoms with Gasteiger partial charge in [0.05, 0.1) is 27.9 Å². The quantitative estimate of drug-likeness (QED) is 0.775. The van der Waals surface area contributed by atoms with Gasteiger partial charge in [-0.3, -0.25) is 0 Å². The third-order valence-electron chi connectivity index (χ3n) is 2.17. The predicted octanol–water partition coefficient (Wildman–Crippen LogP) is 0.983. The number of rotatable bonds is 4. The van der Waals surface area contributed by atoms with Gasteiger partial charge in [0, 0.05) is 6.07 Å². The molecule has 0 aliphatic rings. The summed E-state index contributed by atoms with van der Waals surface area (Å²) in [5.74, 6) is 0.271. The smallest absolute Gasteiger partial charge is 0.342 e. The van der Waals surface area contributed by atoms with Crippen molar-refractivity contribution in [2.75, 3.05) is 21.3 Å². The number of carbonyl (C=O) groups is 1. The van der Waals surface area contributed by atoms with Gasteiger partial charge >= 0.3 is 5.97 Å². The fraction of sp³-hybridized carbons (Fsp3) is 0.364. The summed E-state index contributed by atoms with van der Waals surface area (Å²) >= 11 is 0. The van der Waals surface area contributed by atoms with Crippen molar-refractivity contribution in [1.82, 2.24) is 0 Å². The van der Waals surface area contributed by atoms with Crippen LogP contribution in [0.15, 0.2) is 12.1 Å². The Kier molecular flexibility index (Phi) is 4.13. The molecule has 0 unspecified atom stereocenters. The van der Waals surface area contributed by atoms with Crippen LogP contribution in [0.1, 0.15) is 15.9 Å². The van der Waals surface area contributed by atoms with Gasteiger partial charge in [-0.25, -0.2) is 4.79 Å². The zero-order valence-corrected chi connectivity index (χ0v) is 9.44. The summed E-state index contributed by atoms with van der Waals surface area (Å²) in [6, 6.07) is 3.13. The Morgan fingerprint density at radius 3 is 2.38 bits per heavy atom. The number of hydrogen-bond acceptors (Lipinski definition) is 5. The summed E-state index contributed by atoms with van der Waals surface area (Å²) in [6.07, 6.45) is 0. The van der Waals surface area contributed by atoms with Crippen LogP contribution in [0.5, 0.6) is 11.5 Å². The first kappa shape index (κ1) is 12.3. The summed E-state index contributed by atoms with van der Waals surface area (Å²) in [7, 11) is 4.20. The van der Waals surface area contributed by atoms with Gasteiger partial charge < -0.3 is 19.3 Å². The lowest BCUT2D eigenvalue weighted by atomic mass is 10.1.